The van der Waals surface area contributed by atoms with Gasteiger partial charge in [-0.25, -0.2) is 9.78 Å². The lowest BCUT2D eigenvalue weighted by Crippen LogP contribution is -2.31. The number of nitrogens with zero attached hydrogens (tertiary/aromatic N) is 2. The van der Waals surface area contributed by atoms with Crippen LogP contribution in [-0.4, -0.2) is 34.9 Å². The number of fused-ring (bicyclic) bond motifs is 1. The van der Waals surface area contributed by atoms with Crippen molar-refractivity contribution in [3.63, 3.8) is 0 Å². The van der Waals surface area contributed by atoms with Crippen molar-refractivity contribution in [2.45, 2.75) is 39.7 Å². The summed E-state index contributed by atoms with van der Waals surface area (Å²) in [6.07, 6.45) is 3.08. The van der Waals surface area contributed by atoms with Crippen LogP contribution in [0.4, 0.5) is 0 Å². The van der Waals surface area contributed by atoms with Gasteiger partial charge < -0.3 is 9.64 Å². The predicted molar refractivity (Wildman–Crippen MR) is 116 cm³/mol. The van der Waals surface area contributed by atoms with Crippen LogP contribution in [0.25, 0.3) is 10.8 Å². The Bertz CT molecular complexity index is 978. The van der Waals surface area contributed by atoms with Crippen LogP contribution in [0.15, 0.2) is 47.8 Å². The van der Waals surface area contributed by atoms with E-state index in [-0.39, 0.29) is 5.91 Å². The summed E-state index contributed by atoms with van der Waals surface area (Å²) in [5.74, 6) is -0.432. The summed E-state index contributed by atoms with van der Waals surface area (Å²) in [5, 5.41) is 4.43. The van der Waals surface area contributed by atoms with Gasteiger partial charge in [0, 0.05) is 17.5 Å². The first kappa shape index (κ1) is 21.0. The van der Waals surface area contributed by atoms with Gasteiger partial charge >= 0.3 is 5.97 Å². The lowest BCUT2D eigenvalue weighted by molar-refractivity contribution is 0.0520. The van der Waals surface area contributed by atoms with E-state index in [1.54, 1.807) is 12.3 Å². The van der Waals surface area contributed by atoms with E-state index >= 15 is 0 Å². The van der Waals surface area contributed by atoms with Crippen molar-refractivity contribution in [3.8, 4) is 0 Å². The molecule has 0 saturated carbocycles. The normalized spacial score (nSPS) is 10.8. The molecule has 0 saturated heterocycles. The van der Waals surface area contributed by atoms with Gasteiger partial charge in [-0.2, -0.15) is 0 Å². The monoisotopic (exact) mass is 410 g/mol. The Balaban J connectivity index is 1.84. The third-order valence-electron chi connectivity index (χ3n) is 4.70. The number of rotatable bonds is 9. The van der Waals surface area contributed by atoms with E-state index in [1.165, 1.54) is 11.3 Å². The van der Waals surface area contributed by atoms with E-state index in [2.05, 4.69) is 11.9 Å². The summed E-state index contributed by atoms with van der Waals surface area (Å²) in [4.78, 5) is 31.5. The SMILES string of the molecule is CCCCCN(Cc1nc(C(=O)OCC)cs1)C(=O)c1cccc2ccccc12. The van der Waals surface area contributed by atoms with Crippen LogP contribution >= 0.6 is 11.3 Å². The number of unbranched alkanes of at least 4 members (excludes halogenated alkanes) is 2. The van der Waals surface area contributed by atoms with E-state index < -0.39 is 5.97 Å². The van der Waals surface area contributed by atoms with Gasteiger partial charge in [0.15, 0.2) is 5.69 Å². The molecule has 0 spiro atoms. The minimum Gasteiger partial charge on any atom is -0.461 e. The average Bonchev–Trinajstić information content (AvgIpc) is 3.21. The van der Waals surface area contributed by atoms with Crippen molar-refractivity contribution in [2.75, 3.05) is 13.2 Å². The van der Waals surface area contributed by atoms with E-state index in [9.17, 15) is 9.59 Å². The van der Waals surface area contributed by atoms with Crippen LogP contribution in [0.5, 0.6) is 0 Å². The molecular formula is C23H26N2O3S. The van der Waals surface area contributed by atoms with Gasteiger partial charge in [-0.3, -0.25) is 4.79 Å². The van der Waals surface area contributed by atoms with Crippen molar-refractivity contribution >= 4 is 34.0 Å². The number of amides is 1. The topological polar surface area (TPSA) is 59.5 Å². The van der Waals surface area contributed by atoms with Crippen LogP contribution in [0, 0.1) is 0 Å². The smallest absolute Gasteiger partial charge is 0.357 e. The highest BCUT2D eigenvalue weighted by atomic mass is 32.1. The molecule has 29 heavy (non-hydrogen) atoms. The third-order valence-corrected chi connectivity index (χ3v) is 5.53. The zero-order chi connectivity index (χ0) is 20.6. The molecule has 0 aliphatic heterocycles. The summed E-state index contributed by atoms with van der Waals surface area (Å²) in [6.45, 7) is 5.27. The Labute approximate surface area is 175 Å². The second-order valence-electron chi connectivity index (χ2n) is 6.81. The predicted octanol–water partition coefficient (Wildman–Crippen LogP) is 5.31. The Hall–Kier alpha value is -2.73. The molecule has 0 N–H and O–H groups in total. The lowest BCUT2D eigenvalue weighted by Gasteiger charge is -2.22. The Morgan fingerprint density at radius 1 is 1.07 bits per heavy atom. The molecule has 6 heteroatoms. The summed E-state index contributed by atoms with van der Waals surface area (Å²) >= 11 is 1.38. The Morgan fingerprint density at radius 3 is 2.66 bits per heavy atom. The third kappa shape index (κ3) is 5.21. The molecule has 2 aromatic carbocycles. The fraction of sp³-hybridized carbons (Fsp3) is 0.348. The van der Waals surface area contributed by atoms with Crippen LogP contribution in [-0.2, 0) is 11.3 Å². The number of benzene rings is 2. The summed E-state index contributed by atoms with van der Waals surface area (Å²) < 4.78 is 5.02. The Kier molecular flexibility index (Phi) is 7.36. The number of aromatic nitrogens is 1. The highest BCUT2D eigenvalue weighted by Crippen LogP contribution is 2.22. The highest BCUT2D eigenvalue weighted by molar-refractivity contribution is 7.09. The molecule has 0 aliphatic carbocycles. The maximum absolute atomic E-state index is 13.4. The van der Waals surface area contributed by atoms with Crippen LogP contribution < -0.4 is 0 Å². The van der Waals surface area contributed by atoms with Gasteiger partial charge in [0.05, 0.1) is 13.2 Å². The van der Waals surface area contributed by atoms with Crippen LogP contribution in [0.1, 0.15) is 59.0 Å². The van der Waals surface area contributed by atoms with E-state index in [1.807, 2.05) is 47.4 Å². The highest BCUT2D eigenvalue weighted by Gasteiger charge is 2.20. The molecule has 152 valence electrons. The van der Waals surface area contributed by atoms with Gasteiger partial charge in [0.25, 0.3) is 5.91 Å². The minimum atomic E-state index is -0.423. The molecular weight excluding hydrogens is 384 g/mol. The molecule has 3 rings (SSSR count). The van der Waals surface area contributed by atoms with Crippen molar-refractivity contribution < 1.29 is 14.3 Å². The van der Waals surface area contributed by atoms with Crippen LogP contribution in [0.3, 0.4) is 0 Å². The molecule has 1 aromatic heterocycles. The molecule has 0 unspecified atom stereocenters. The van der Waals surface area contributed by atoms with Gasteiger partial charge in [-0.15, -0.1) is 11.3 Å². The number of carbonyl (C=O) groups is 2. The van der Waals surface area contributed by atoms with Crippen molar-refractivity contribution in [1.29, 1.82) is 0 Å². The summed E-state index contributed by atoms with van der Waals surface area (Å²) in [7, 11) is 0. The van der Waals surface area contributed by atoms with Gasteiger partial charge in [0.1, 0.15) is 5.01 Å². The molecule has 5 nitrogen and oxygen atoms in total. The molecule has 0 radical (unpaired) electrons. The first-order chi connectivity index (χ1) is 14.1. The summed E-state index contributed by atoms with van der Waals surface area (Å²) in [5.41, 5.74) is 1.000. The molecule has 0 fully saturated rings. The summed E-state index contributed by atoms with van der Waals surface area (Å²) in [6, 6.07) is 13.7. The van der Waals surface area contributed by atoms with Crippen molar-refractivity contribution in [2.24, 2.45) is 0 Å². The number of hydrogen-bond acceptors (Lipinski definition) is 5. The largest absolute Gasteiger partial charge is 0.461 e. The van der Waals surface area contributed by atoms with E-state index in [4.69, 9.17) is 4.74 Å². The van der Waals surface area contributed by atoms with Crippen molar-refractivity contribution in [1.82, 2.24) is 9.88 Å². The second-order valence-corrected chi connectivity index (χ2v) is 7.75. The number of ether oxygens (including phenoxy) is 1. The second kappa shape index (κ2) is 10.2. The van der Waals surface area contributed by atoms with E-state index in [0.717, 1.165) is 35.0 Å². The maximum Gasteiger partial charge on any atom is 0.357 e. The fourth-order valence-corrected chi connectivity index (χ4v) is 4.01. The number of thiazole rings is 1. The Morgan fingerprint density at radius 2 is 1.86 bits per heavy atom. The van der Waals surface area contributed by atoms with Gasteiger partial charge in [0.2, 0.25) is 0 Å². The number of esters is 1. The number of carbonyl (C=O) groups excluding carboxylic acids is 2. The molecule has 1 amide bonds. The minimum absolute atomic E-state index is 0.00853. The molecule has 3 aromatic rings. The first-order valence-corrected chi connectivity index (χ1v) is 10.9. The number of hydrogen-bond donors (Lipinski definition) is 0. The van der Waals surface area contributed by atoms with Crippen molar-refractivity contribution in [3.05, 3.63) is 64.1 Å². The molecule has 0 bridgehead atoms. The zero-order valence-electron chi connectivity index (χ0n) is 16.9. The lowest BCUT2D eigenvalue weighted by atomic mass is 10.0. The average molecular weight is 411 g/mol. The quantitative estimate of drug-likeness (QED) is 0.354. The fourth-order valence-electron chi connectivity index (χ4n) is 3.23. The molecule has 1 heterocycles. The van der Waals surface area contributed by atoms with Crippen LogP contribution in [0.2, 0.25) is 0 Å². The van der Waals surface area contributed by atoms with E-state index in [0.29, 0.717) is 31.0 Å². The standard InChI is InChI=1S/C23H26N2O3S/c1-3-5-8-14-25(15-21-24-20(16-29-21)23(27)28-4-2)22(26)19-13-9-11-17-10-6-7-12-18(17)19/h6-7,9-13,16H,3-5,8,14-15H2,1-2H3. The molecule has 0 atom stereocenters. The maximum atomic E-state index is 13.4. The zero-order valence-corrected chi connectivity index (χ0v) is 17.7. The van der Waals surface area contributed by atoms with Gasteiger partial charge in [-0.05, 0) is 30.2 Å². The van der Waals surface area contributed by atoms with Gasteiger partial charge in [-0.1, -0.05) is 56.2 Å². The molecule has 0 aliphatic rings. The first-order valence-electron chi connectivity index (χ1n) is 10.0.